The van der Waals surface area contributed by atoms with Gasteiger partial charge in [0.1, 0.15) is 16.0 Å². The molecule has 0 spiro atoms. The number of thiazole rings is 1. The first-order valence-electron chi connectivity index (χ1n) is 6.24. The van der Waals surface area contributed by atoms with E-state index < -0.39 is 5.97 Å². The third-order valence-corrected chi connectivity index (χ3v) is 4.11. The minimum Gasteiger partial charge on any atom is -0.477 e. The van der Waals surface area contributed by atoms with Gasteiger partial charge in [0.05, 0.1) is 25.5 Å². The molecule has 1 atom stereocenters. The summed E-state index contributed by atoms with van der Waals surface area (Å²) in [4.78, 5) is 16.1. The molecule has 0 bridgehead atoms. The topological polar surface area (TPSA) is 68.7 Å². The summed E-state index contributed by atoms with van der Waals surface area (Å²) in [6.45, 7) is 1.49. The maximum absolute atomic E-state index is 11.4. The van der Waals surface area contributed by atoms with Gasteiger partial charge in [-0.2, -0.15) is 0 Å². The molecule has 1 fully saturated rings. The van der Waals surface area contributed by atoms with Crippen LogP contribution in [0.25, 0.3) is 11.3 Å². The predicted molar refractivity (Wildman–Crippen MR) is 74.0 cm³/mol. The highest BCUT2D eigenvalue weighted by molar-refractivity contribution is 7.14. The van der Waals surface area contributed by atoms with Crippen molar-refractivity contribution in [3.63, 3.8) is 0 Å². The summed E-state index contributed by atoms with van der Waals surface area (Å²) in [5.41, 5.74) is 1.29. The van der Waals surface area contributed by atoms with Crippen LogP contribution in [0.5, 0.6) is 0 Å². The van der Waals surface area contributed by atoms with Crippen molar-refractivity contribution in [2.75, 3.05) is 19.8 Å². The Morgan fingerprint density at radius 1 is 1.30 bits per heavy atom. The van der Waals surface area contributed by atoms with E-state index in [9.17, 15) is 9.90 Å². The molecule has 0 saturated carbocycles. The third-order valence-electron chi connectivity index (χ3n) is 2.98. The number of ether oxygens (including phenoxy) is 2. The van der Waals surface area contributed by atoms with Crippen LogP contribution in [0.3, 0.4) is 0 Å². The number of hydrogen-bond donors (Lipinski definition) is 1. The van der Waals surface area contributed by atoms with Crippen LogP contribution >= 0.6 is 11.3 Å². The van der Waals surface area contributed by atoms with Crippen LogP contribution in [0.2, 0.25) is 0 Å². The maximum Gasteiger partial charge on any atom is 0.348 e. The number of nitrogens with zero attached hydrogens (tertiary/aromatic N) is 1. The molecule has 20 heavy (non-hydrogen) atoms. The van der Waals surface area contributed by atoms with Gasteiger partial charge < -0.3 is 14.6 Å². The lowest BCUT2D eigenvalue weighted by atomic mass is 10.1. The fraction of sp³-hybridized carbons (Fsp3) is 0.286. The smallest absolute Gasteiger partial charge is 0.348 e. The molecule has 1 unspecified atom stereocenters. The second-order valence-electron chi connectivity index (χ2n) is 4.34. The van der Waals surface area contributed by atoms with Crippen LogP contribution in [0.4, 0.5) is 0 Å². The first-order valence-corrected chi connectivity index (χ1v) is 7.06. The second kappa shape index (κ2) is 5.70. The summed E-state index contributed by atoms with van der Waals surface area (Å²) in [5, 5.41) is 9.99. The van der Waals surface area contributed by atoms with Gasteiger partial charge >= 0.3 is 5.97 Å². The maximum atomic E-state index is 11.4. The highest BCUT2D eigenvalue weighted by Gasteiger charge is 2.25. The monoisotopic (exact) mass is 291 g/mol. The summed E-state index contributed by atoms with van der Waals surface area (Å²) in [6, 6.07) is 9.31. The third kappa shape index (κ3) is 2.58. The van der Waals surface area contributed by atoms with Crippen molar-refractivity contribution in [1.29, 1.82) is 0 Å². The normalized spacial score (nSPS) is 18.9. The van der Waals surface area contributed by atoms with Gasteiger partial charge in [-0.25, -0.2) is 9.78 Å². The molecular weight excluding hydrogens is 278 g/mol. The fourth-order valence-corrected chi connectivity index (χ4v) is 3.00. The molecule has 0 aliphatic carbocycles. The highest BCUT2D eigenvalue weighted by atomic mass is 32.1. The summed E-state index contributed by atoms with van der Waals surface area (Å²) in [6.07, 6.45) is -0.274. The van der Waals surface area contributed by atoms with E-state index in [0.717, 1.165) is 16.9 Å². The summed E-state index contributed by atoms with van der Waals surface area (Å²) in [5.74, 6) is -0.968. The summed E-state index contributed by atoms with van der Waals surface area (Å²) >= 11 is 1.15. The lowest BCUT2D eigenvalue weighted by molar-refractivity contribution is -0.0901. The Morgan fingerprint density at radius 3 is 2.75 bits per heavy atom. The Morgan fingerprint density at radius 2 is 2.10 bits per heavy atom. The van der Waals surface area contributed by atoms with Crippen LogP contribution in [0.1, 0.15) is 20.8 Å². The van der Waals surface area contributed by atoms with Crippen molar-refractivity contribution in [3.8, 4) is 11.3 Å². The van der Waals surface area contributed by atoms with E-state index in [-0.39, 0.29) is 11.0 Å². The molecule has 104 valence electrons. The van der Waals surface area contributed by atoms with E-state index in [2.05, 4.69) is 4.98 Å². The Balaban J connectivity index is 2.00. The van der Waals surface area contributed by atoms with Gasteiger partial charge in [-0.1, -0.05) is 30.3 Å². The first-order chi connectivity index (χ1) is 9.75. The molecule has 0 amide bonds. The molecule has 1 aliphatic heterocycles. The van der Waals surface area contributed by atoms with Crippen molar-refractivity contribution in [1.82, 2.24) is 4.98 Å². The number of aromatic carboxylic acids is 1. The van der Waals surface area contributed by atoms with Gasteiger partial charge in [-0.3, -0.25) is 0 Å². The molecule has 2 aromatic rings. The van der Waals surface area contributed by atoms with Crippen LogP contribution in [0.15, 0.2) is 30.3 Å². The molecule has 2 heterocycles. The standard InChI is InChI=1S/C14H13NO4S/c16-14(17)12-11(9-4-2-1-3-5-9)15-13(20-12)10-8-18-6-7-19-10/h1-5,10H,6-8H2,(H,16,17). The van der Waals surface area contributed by atoms with E-state index >= 15 is 0 Å². The average Bonchev–Trinajstić information content (AvgIpc) is 2.94. The second-order valence-corrected chi connectivity index (χ2v) is 5.37. The number of carbonyl (C=O) groups is 1. The molecule has 1 aromatic carbocycles. The summed E-state index contributed by atoms with van der Waals surface area (Å²) < 4.78 is 10.9. The molecule has 5 nitrogen and oxygen atoms in total. The van der Waals surface area contributed by atoms with Gasteiger partial charge in [0.25, 0.3) is 0 Å². The fourth-order valence-electron chi connectivity index (χ4n) is 2.04. The van der Waals surface area contributed by atoms with Gasteiger partial charge in [0.15, 0.2) is 0 Å². The molecule has 3 rings (SSSR count). The van der Waals surface area contributed by atoms with Crippen molar-refractivity contribution in [3.05, 3.63) is 40.2 Å². The number of hydrogen-bond acceptors (Lipinski definition) is 5. The lowest BCUT2D eigenvalue weighted by Crippen LogP contribution is -2.21. The van der Waals surface area contributed by atoms with E-state index in [4.69, 9.17) is 9.47 Å². The van der Waals surface area contributed by atoms with Gasteiger partial charge in [-0.15, -0.1) is 11.3 Å². The highest BCUT2D eigenvalue weighted by Crippen LogP contribution is 2.33. The van der Waals surface area contributed by atoms with Crippen LogP contribution in [-0.2, 0) is 9.47 Å². The Bertz CT molecular complexity index is 605. The molecule has 6 heteroatoms. The molecule has 1 saturated heterocycles. The summed E-state index contributed by atoms with van der Waals surface area (Å²) in [7, 11) is 0. The Labute approximate surface area is 119 Å². The average molecular weight is 291 g/mol. The first kappa shape index (κ1) is 13.2. The molecule has 1 aliphatic rings. The molecular formula is C14H13NO4S. The number of carboxylic acids is 1. The predicted octanol–water partition coefficient (Wildman–Crippen LogP) is 2.60. The largest absolute Gasteiger partial charge is 0.477 e. The number of rotatable bonds is 3. The van der Waals surface area contributed by atoms with E-state index in [1.54, 1.807) is 0 Å². The van der Waals surface area contributed by atoms with Crippen molar-refractivity contribution in [2.45, 2.75) is 6.10 Å². The SMILES string of the molecule is O=C(O)c1sc(C2COCCO2)nc1-c1ccccc1. The zero-order valence-corrected chi connectivity index (χ0v) is 11.4. The van der Waals surface area contributed by atoms with Crippen LogP contribution < -0.4 is 0 Å². The van der Waals surface area contributed by atoms with E-state index in [0.29, 0.717) is 30.5 Å². The zero-order valence-electron chi connectivity index (χ0n) is 10.6. The number of benzene rings is 1. The minimum atomic E-state index is -0.968. The van der Waals surface area contributed by atoms with Crippen LogP contribution in [0, 0.1) is 0 Å². The van der Waals surface area contributed by atoms with Gasteiger partial charge in [0.2, 0.25) is 0 Å². The van der Waals surface area contributed by atoms with Gasteiger partial charge in [-0.05, 0) is 0 Å². The zero-order chi connectivity index (χ0) is 13.9. The quantitative estimate of drug-likeness (QED) is 0.941. The Kier molecular flexibility index (Phi) is 3.77. The lowest BCUT2D eigenvalue weighted by Gasteiger charge is -2.20. The Hall–Kier alpha value is -1.76. The number of aromatic nitrogens is 1. The van der Waals surface area contributed by atoms with Gasteiger partial charge in [0, 0.05) is 5.56 Å². The van der Waals surface area contributed by atoms with E-state index in [1.165, 1.54) is 0 Å². The van der Waals surface area contributed by atoms with E-state index in [1.807, 2.05) is 30.3 Å². The molecule has 1 aromatic heterocycles. The molecule has 1 N–H and O–H groups in total. The van der Waals surface area contributed by atoms with Crippen molar-refractivity contribution in [2.24, 2.45) is 0 Å². The van der Waals surface area contributed by atoms with Crippen molar-refractivity contribution < 1.29 is 19.4 Å². The number of carboxylic acid groups (broad SMARTS) is 1. The molecule has 0 radical (unpaired) electrons. The van der Waals surface area contributed by atoms with Crippen LogP contribution in [-0.4, -0.2) is 35.9 Å². The minimum absolute atomic E-state index is 0.236. The van der Waals surface area contributed by atoms with Crippen molar-refractivity contribution >= 4 is 17.3 Å².